The molecule has 7 aliphatic rings. The molecule has 0 spiro atoms. The van der Waals surface area contributed by atoms with Gasteiger partial charge in [-0.05, 0) is 6.92 Å². The highest BCUT2D eigenvalue weighted by atomic mass is 16.8. The predicted octanol–water partition coefficient (Wildman–Crippen LogP) is -14.8. The minimum absolute atomic E-state index is 0.766. The van der Waals surface area contributed by atoms with Crippen molar-refractivity contribution in [2.24, 2.45) is 0 Å². The summed E-state index contributed by atoms with van der Waals surface area (Å²) in [6.45, 7) is -1.39. The highest BCUT2D eigenvalue weighted by Crippen LogP contribution is 2.37. The van der Waals surface area contributed by atoms with Crippen LogP contribution in [0.3, 0.4) is 0 Å². The summed E-state index contributed by atoms with van der Waals surface area (Å²) >= 11 is 0. The SMILES string of the molecule is CC(=O)NC1[C@H](OC2[C@@H](OCC3O[C@@H](O[C@@H]4C(CO)O[C@@H](O[C@@H]5C(CO[C@@H]6OC(C)[C@@H](O)[C@H](O)C6O)OC(O)C(NC(C)=O)[C@H]5O)C(NC(C)=O)[C@H]4O)C(O)[C@@H](O[C@H]4OC(CO)[C@@H](O)[C@H](O)C4O)[C@@H]3O)OC(CO)[C@@H](O)[C@@H]2O)OC(CO)[C@@H](O)[C@@H]1O. The van der Waals surface area contributed by atoms with Crippen molar-refractivity contribution in [3.63, 3.8) is 0 Å². The third-order valence-corrected chi connectivity index (χ3v) is 15.7. The van der Waals surface area contributed by atoms with Crippen LogP contribution in [0.2, 0.25) is 0 Å². The highest BCUT2D eigenvalue weighted by Gasteiger charge is 2.58. The lowest BCUT2D eigenvalue weighted by Crippen LogP contribution is -2.70. The van der Waals surface area contributed by atoms with Crippen LogP contribution < -0.4 is 16.0 Å². The van der Waals surface area contributed by atoms with Crippen LogP contribution in [0.15, 0.2) is 0 Å². The summed E-state index contributed by atoms with van der Waals surface area (Å²) in [6, 6.07) is -5.16. The second kappa shape index (κ2) is 30.5. The molecular weight excluding hydrogens is 1180 g/mol. The van der Waals surface area contributed by atoms with E-state index in [1.54, 1.807) is 0 Å². The molecule has 0 radical (unpaired) electrons. The Labute approximate surface area is 488 Å². The first-order valence-corrected chi connectivity index (χ1v) is 27.5. The Morgan fingerprint density at radius 1 is 0.326 bits per heavy atom. The molecule has 0 bridgehead atoms. The molecule has 7 aliphatic heterocycles. The Balaban J connectivity index is 1.17. The molecule has 498 valence electrons. The van der Waals surface area contributed by atoms with Crippen molar-refractivity contribution in [1.82, 2.24) is 16.0 Å². The molecule has 35 atom stereocenters. The molecule has 0 aliphatic carbocycles. The lowest BCUT2D eigenvalue weighted by atomic mass is 9.93. The van der Waals surface area contributed by atoms with Crippen LogP contribution in [-0.2, 0) is 76.0 Å². The number of amides is 3. The summed E-state index contributed by atoms with van der Waals surface area (Å²) in [4.78, 5) is 37.3. The molecule has 0 saturated carbocycles. The van der Waals surface area contributed by atoms with E-state index in [0.717, 1.165) is 20.8 Å². The van der Waals surface area contributed by atoms with Crippen LogP contribution in [0, 0.1) is 0 Å². The van der Waals surface area contributed by atoms with Crippen LogP contribution in [0.1, 0.15) is 27.7 Å². The van der Waals surface area contributed by atoms with Crippen LogP contribution >= 0.6 is 0 Å². The van der Waals surface area contributed by atoms with Gasteiger partial charge in [-0.3, -0.25) is 14.4 Å². The van der Waals surface area contributed by atoms with Crippen molar-refractivity contribution >= 4 is 17.7 Å². The largest absolute Gasteiger partial charge is 0.394 e. The van der Waals surface area contributed by atoms with Gasteiger partial charge in [0.05, 0.1) is 45.7 Å². The third kappa shape index (κ3) is 15.5. The molecule has 0 aromatic heterocycles. The third-order valence-electron chi connectivity index (χ3n) is 15.7. The van der Waals surface area contributed by atoms with Gasteiger partial charge in [0.1, 0.15) is 165 Å². The summed E-state index contributed by atoms with van der Waals surface area (Å²) in [5.41, 5.74) is 0. The lowest BCUT2D eigenvalue weighted by molar-refractivity contribution is -0.387. The first-order chi connectivity index (χ1) is 40.6. The number of ether oxygens (including phenoxy) is 13. The van der Waals surface area contributed by atoms with Crippen molar-refractivity contribution in [2.45, 2.75) is 242 Å². The Bertz CT molecular complexity index is 2170. The number of carbonyl (C=O) groups is 3. The molecule has 7 heterocycles. The number of nitrogens with one attached hydrogen (secondary N) is 3. The first kappa shape index (κ1) is 70.6. The summed E-state index contributed by atoms with van der Waals surface area (Å²) in [5.74, 6) is -2.46. The van der Waals surface area contributed by atoms with Crippen molar-refractivity contribution in [1.29, 1.82) is 0 Å². The lowest BCUT2D eigenvalue weighted by Gasteiger charge is -2.50. The average Bonchev–Trinajstić information content (AvgIpc) is 3.57. The van der Waals surface area contributed by atoms with Crippen molar-refractivity contribution in [3.05, 3.63) is 0 Å². The van der Waals surface area contributed by atoms with E-state index in [2.05, 4.69) is 16.0 Å². The molecule has 3 amide bonds. The number of carbonyl (C=O) groups excluding carboxylic acids is 3. The number of rotatable bonds is 21. The quantitative estimate of drug-likeness (QED) is 0.0507. The van der Waals surface area contributed by atoms with Gasteiger partial charge in [0.25, 0.3) is 0 Å². The van der Waals surface area contributed by atoms with Gasteiger partial charge < -0.3 is 175 Å². The van der Waals surface area contributed by atoms with E-state index < -0.39 is 272 Å². The summed E-state index contributed by atoms with van der Waals surface area (Å²) in [6.07, 6.45) is -61.1. The average molecular weight is 1260 g/mol. The fourth-order valence-corrected chi connectivity index (χ4v) is 10.9. The molecule has 0 aromatic rings. The van der Waals surface area contributed by atoms with Gasteiger partial charge in [-0.1, -0.05) is 0 Å². The smallest absolute Gasteiger partial charge is 0.217 e. The normalized spacial score (nSPS) is 49.4. The molecule has 7 rings (SSSR count). The van der Waals surface area contributed by atoms with Gasteiger partial charge in [0.2, 0.25) is 17.7 Å². The first-order valence-electron chi connectivity index (χ1n) is 27.5. The Morgan fingerprint density at radius 3 is 1.28 bits per heavy atom. The van der Waals surface area contributed by atoms with E-state index in [-0.39, 0.29) is 0 Å². The molecule has 0 aromatic carbocycles. The molecule has 38 heteroatoms. The summed E-state index contributed by atoms with van der Waals surface area (Å²) in [5, 5.41) is 214. The summed E-state index contributed by atoms with van der Waals surface area (Å²) < 4.78 is 75.7. The van der Waals surface area contributed by atoms with E-state index in [4.69, 9.17) is 61.6 Å². The maximum atomic E-state index is 12.9. The van der Waals surface area contributed by atoms with E-state index in [1.807, 2.05) is 0 Å². The topological polar surface area (TPSA) is 592 Å². The Morgan fingerprint density at radius 2 is 0.709 bits per heavy atom. The van der Waals surface area contributed by atoms with Gasteiger partial charge in [0.15, 0.2) is 44.0 Å². The van der Waals surface area contributed by atoms with Crippen molar-refractivity contribution in [2.75, 3.05) is 39.6 Å². The van der Waals surface area contributed by atoms with Gasteiger partial charge in [-0.25, -0.2) is 0 Å². The number of aliphatic hydroxyl groups excluding tert-OH is 19. The van der Waals surface area contributed by atoms with Crippen LogP contribution in [0.5, 0.6) is 0 Å². The zero-order valence-corrected chi connectivity index (χ0v) is 46.5. The minimum atomic E-state index is -2.34. The molecule has 15 unspecified atom stereocenters. The van der Waals surface area contributed by atoms with Gasteiger partial charge in [0, 0.05) is 20.8 Å². The number of aliphatic hydroxyl groups is 19. The van der Waals surface area contributed by atoms with E-state index in [0.29, 0.717) is 0 Å². The number of hydrogen-bond acceptors (Lipinski definition) is 35. The minimum Gasteiger partial charge on any atom is -0.394 e. The van der Waals surface area contributed by atoms with Gasteiger partial charge in [-0.15, -0.1) is 0 Å². The zero-order chi connectivity index (χ0) is 63.5. The second-order valence-electron chi connectivity index (χ2n) is 21.8. The molecule has 86 heavy (non-hydrogen) atoms. The maximum Gasteiger partial charge on any atom is 0.217 e. The van der Waals surface area contributed by atoms with E-state index in [1.165, 1.54) is 6.92 Å². The van der Waals surface area contributed by atoms with Crippen LogP contribution in [-0.4, -0.2) is 369 Å². The maximum absolute atomic E-state index is 12.9. The molecule has 22 N–H and O–H groups in total. The standard InChI is InChI=1S/C48H81N3O35/c1-11-24(59)32(67)35(70)45(76-11)74-10-20-39(30(65)21(42(73)77-20)49-12(2)56)83-44-23(51-14(4)58)31(66)38(18(8-55)81-44)84-47-37(72)40(85-46-36(71)33(68)26(61)16(6-53)79-46)28(63)19(82-47)9-75-48-41(34(69)27(62)17(7-54)80-48)86-43-22(50-13(3)57)29(64)25(60)15(5-52)78-43/h11,15-48,52-55,59-73H,5-10H2,1-4H3,(H,49,56)(H,50,57)(H,51,58)/t11?,15?,16?,17?,18?,19?,20?,21?,22?,23?,24-,25-,26-,27-,28-,29-,30-,31-,32+,33+,34+,35?,36?,37?,38-,39-,40+,41?,42?,43+,44+,45-,46-,47+,48+/m1/s1. The Kier molecular flexibility index (Phi) is 25.0. The van der Waals surface area contributed by atoms with Crippen molar-refractivity contribution < 1.29 is 173 Å². The zero-order valence-electron chi connectivity index (χ0n) is 46.5. The Hall–Kier alpha value is -2.87. The van der Waals surface area contributed by atoms with Crippen LogP contribution in [0.25, 0.3) is 0 Å². The highest BCUT2D eigenvalue weighted by molar-refractivity contribution is 5.74. The van der Waals surface area contributed by atoms with Gasteiger partial charge >= 0.3 is 0 Å². The second-order valence-corrected chi connectivity index (χ2v) is 21.8. The summed E-state index contributed by atoms with van der Waals surface area (Å²) in [7, 11) is 0. The molecule has 7 fully saturated rings. The van der Waals surface area contributed by atoms with Gasteiger partial charge in [-0.2, -0.15) is 0 Å². The number of hydrogen-bond donors (Lipinski definition) is 22. The van der Waals surface area contributed by atoms with Crippen LogP contribution in [0.4, 0.5) is 0 Å². The van der Waals surface area contributed by atoms with E-state index in [9.17, 15) is 111 Å². The molecular formula is C48H81N3O35. The predicted molar refractivity (Wildman–Crippen MR) is 265 cm³/mol. The fraction of sp³-hybridized carbons (Fsp3) is 0.938. The molecule has 38 nitrogen and oxygen atoms in total. The monoisotopic (exact) mass is 1260 g/mol. The van der Waals surface area contributed by atoms with Crippen molar-refractivity contribution in [3.8, 4) is 0 Å². The fourth-order valence-electron chi connectivity index (χ4n) is 10.9. The van der Waals surface area contributed by atoms with E-state index >= 15 is 0 Å². The molecule has 7 saturated heterocycles.